The SMILES string of the molecule is CCCc1ccc(C(=O)[C@@H]2[C@@H](C(=O)c3cccs3)N3c4ccc(Cl)cc4C=C[C@@H]3[C@]23C(=O)Nc2ccccc23)cc1. The Balaban J connectivity index is 1.50. The maximum absolute atomic E-state index is 14.8. The van der Waals surface area contributed by atoms with Crippen molar-refractivity contribution in [3.63, 3.8) is 0 Å². The summed E-state index contributed by atoms with van der Waals surface area (Å²) in [6.45, 7) is 2.12. The van der Waals surface area contributed by atoms with E-state index in [2.05, 4.69) is 12.2 Å². The van der Waals surface area contributed by atoms with Crippen LogP contribution in [-0.2, 0) is 16.6 Å². The van der Waals surface area contributed by atoms with Crippen molar-refractivity contribution in [1.82, 2.24) is 0 Å². The van der Waals surface area contributed by atoms with Gasteiger partial charge in [-0.2, -0.15) is 0 Å². The first-order valence-electron chi connectivity index (χ1n) is 13.8. The second kappa shape index (κ2) is 9.82. The standard InChI is InChI=1S/C34H27ClN2O3S/c1-2-6-20-10-12-21(13-11-20)31(38)29-30(32(39)27-9-5-18-41-27)37-26-16-15-23(35)19-22(26)14-17-28(37)34(29)24-7-3-4-8-25(24)36-33(34)40/h3-5,7-19,28-30H,2,6H2,1H3,(H,36,40)/t28-,29+,30+,34+/m1/s1. The molecule has 1 spiro atoms. The summed E-state index contributed by atoms with van der Waals surface area (Å²) in [4.78, 5) is 46.3. The van der Waals surface area contributed by atoms with Gasteiger partial charge in [-0.15, -0.1) is 11.3 Å². The molecule has 1 saturated heterocycles. The smallest absolute Gasteiger partial charge is 0.238 e. The zero-order valence-corrected chi connectivity index (χ0v) is 23.9. The molecule has 1 aromatic heterocycles. The summed E-state index contributed by atoms with van der Waals surface area (Å²) < 4.78 is 0. The minimum atomic E-state index is -1.32. The molecule has 0 saturated carbocycles. The van der Waals surface area contributed by atoms with Crippen molar-refractivity contribution in [2.45, 2.75) is 37.3 Å². The quantitative estimate of drug-likeness (QED) is 0.246. The third-order valence-corrected chi connectivity index (χ3v) is 9.81. The minimum Gasteiger partial charge on any atom is -0.352 e. The van der Waals surface area contributed by atoms with Gasteiger partial charge in [0.25, 0.3) is 0 Å². The van der Waals surface area contributed by atoms with Crippen LogP contribution in [0.3, 0.4) is 0 Å². The van der Waals surface area contributed by atoms with Crippen LogP contribution in [0.25, 0.3) is 6.08 Å². The molecule has 0 unspecified atom stereocenters. The summed E-state index contributed by atoms with van der Waals surface area (Å²) in [6, 6.07) is 22.9. The monoisotopic (exact) mass is 578 g/mol. The van der Waals surface area contributed by atoms with E-state index in [1.807, 2.05) is 89.2 Å². The Bertz CT molecular complexity index is 1730. The normalized spacial score (nSPS) is 23.7. The molecule has 4 atom stereocenters. The Morgan fingerprint density at radius 3 is 2.56 bits per heavy atom. The highest BCUT2D eigenvalue weighted by Crippen LogP contribution is 2.58. The molecular weight excluding hydrogens is 552 g/mol. The third-order valence-electron chi connectivity index (χ3n) is 8.69. The van der Waals surface area contributed by atoms with Gasteiger partial charge < -0.3 is 10.2 Å². The molecule has 7 rings (SSSR count). The predicted octanol–water partition coefficient (Wildman–Crippen LogP) is 7.21. The average Bonchev–Trinajstić information content (AvgIpc) is 3.70. The maximum atomic E-state index is 14.8. The van der Waals surface area contributed by atoms with Crippen molar-refractivity contribution in [3.8, 4) is 0 Å². The first-order chi connectivity index (χ1) is 19.9. The van der Waals surface area contributed by atoms with E-state index in [0.29, 0.717) is 21.2 Å². The van der Waals surface area contributed by atoms with Crippen LogP contribution in [0.1, 0.15) is 50.1 Å². The number of ketones is 2. The molecule has 3 aliphatic heterocycles. The molecule has 0 bridgehead atoms. The summed E-state index contributed by atoms with van der Waals surface area (Å²) in [6.07, 6.45) is 5.83. The number of hydrogen-bond acceptors (Lipinski definition) is 5. The van der Waals surface area contributed by atoms with Gasteiger partial charge in [-0.05, 0) is 58.8 Å². The van der Waals surface area contributed by atoms with Gasteiger partial charge in [0.05, 0.1) is 16.8 Å². The number of aryl methyl sites for hydroxylation is 1. The van der Waals surface area contributed by atoms with Crippen LogP contribution in [0.15, 0.2) is 90.3 Å². The van der Waals surface area contributed by atoms with Crippen molar-refractivity contribution < 1.29 is 14.4 Å². The zero-order valence-electron chi connectivity index (χ0n) is 22.3. The second-order valence-corrected chi connectivity index (χ2v) is 12.2. The Morgan fingerprint density at radius 1 is 1.00 bits per heavy atom. The van der Waals surface area contributed by atoms with Gasteiger partial charge in [-0.1, -0.05) is 85.6 Å². The number of amides is 1. The Kier molecular flexibility index (Phi) is 6.21. The van der Waals surface area contributed by atoms with Gasteiger partial charge in [0.1, 0.15) is 11.5 Å². The fourth-order valence-corrected chi connectivity index (χ4v) is 7.90. The third kappa shape index (κ3) is 3.77. The van der Waals surface area contributed by atoms with Crippen molar-refractivity contribution in [2.24, 2.45) is 5.92 Å². The molecule has 5 nitrogen and oxygen atoms in total. The lowest BCUT2D eigenvalue weighted by molar-refractivity contribution is -0.121. The van der Waals surface area contributed by atoms with E-state index >= 15 is 0 Å². The number of hydrogen-bond donors (Lipinski definition) is 1. The van der Waals surface area contributed by atoms with E-state index in [-0.39, 0.29) is 17.5 Å². The number of fused-ring (bicyclic) bond motifs is 6. The molecule has 1 amide bonds. The molecule has 7 heteroatoms. The molecule has 0 radical (unpaired) electrons. The topological polar surface area (TPSA) is 66.5 Å². The summed E-state index contributed by atoms with van der Waals surface area (Å²) in [7, 11) is 0. The molecule has 204 valence electrons. The second-order valence-electron chi connectivity index (χ2n) is 10.9. The summed E-state index contributed by atoms with van der Waals surface area (Å²) >= 11 is 7.72. The van der Waals surface area contributed by atoms with Gasteiger partial charge in [-0.3, -0.25) is 14.4 Å². The number of nitrogens with zero attached hydrogens (tertiary/aromatic N) is 1. The summed E-state index contributed by atoms with van der Waals surface area (Å²) in [5.41, 5.74) is 3.36. The fourth-order valence-electron chi connectivity index (χ4n) is 7.02. The van der Waals surface area contributed by atoms with Crippen LogP contribution in [0, 0.1) is 5.92 Å². The minimum absolute atomic E-state index is 0.170. The Morgan fingerprint density at radius 2 is 1.80 bits per heavy atom. The van der Waals surface area contributed by atoms with Crippen LogP contribution >= 0.6 is 22.9 Å². The number of anilines is 2. The average molecular weight is 579 g/mol. The first kappa shape index (κ1) is 25.9. The number of carbonyl (C=O) groups excluding carboxylic acids is 3. The highest BCUT2D eigenvalue weighted by atomic mass is 35.5. The van der Waals surface area contributed by atoms with Gasteiger partial charge in [0.2, 0.25) is 5.91 Å². The molecule has 3 aliphatic rings. The number of nitrogens with one attached hydrogen (secondary N) is 1. The van der Waals surface area contributed by atoms with E-state index in [1.54, 1.807) is 12.1 Å². The summed E-state index contributed by atoms with van der Waals surface area (Å²) in [5, 5.41) is 5.51. The molecule has 3 aromatic carbocycles. The Labute approximate surface area is 247 Å². The van der Waals surface area contributed by atoms with Crippen LogP contribution < -0.4 is 10.2 Å². The van der Waals surface area contributed by atoms with E-state index in [9.17, 15) is 14.4 Å². The van der Waals surface area contributed by atoms with Crippen LogP contribution in [0.2, 0.25) is 5.02 Å². The number of carbonyl (C=O) groups is 3. The number of thiophene rings is 1. The molecule has 1 fully saturated rings. The van der Waals surface area contributed by atoms with E-state index < -0.39 is 23.4 Å². The van der Waals surface area contributed by atoms with Gasteiger partial charge in [-0.25, -0.2) is 0 Å². The van der Waals surface area contributed by atoms with Crippen molar-refractivity contribution in [2.75, 3.05) is 10.2 Å². The predicted molar refractivity (Wildman–Crippen MR) is 164 cm³/mol. The lowest BCUT2D eigenvalue weighted by atomic mass is 9.64. The summed E-state index contributed by atoms with van der Waals surface area (Å²) in [5.74, 6) is -1.63. The largest absolute Gasteiger partial charge is 0.352 e. The zero-order chi connectivity index (χ0) is 28.3. The fraction of sp³-hybridized carbons (Fsp3) is 0.206. The number of Topliss-reactive ketones (excluding diaryl/α,β-unsaturated/α-hetero) is 2. The van der Waals surface area contributed by atoms with Gasteiger partial charge in [0, 0.05) is 22.0 Å². The van der Waals surface area contributed by atoms with Crippen LogP contribution in [-0.4, -0.2) is 29.6 Å². The highest BCUT2D eigenvalue weighted by molar-refractivity contribution is 7.12. The lowest BCUT2D eigenvalue weighted by Gasteiger charge is -2.37. The first-order valence-corrected chi connectivity index (χ1v) is 15.1. The number of halogens is 1. The molecular formula is C34H27ClN2O3S. The Hall–Kier alpha value is -4.00. The van der Waals surface area contributed by atoms with E-state index in [4.69, 9.17) is 11.6 Å². The molecule has 4 heterocycles. The molecule has 1 N–H and O–H groups in total. The van der Waals surface area contributed by atoms with Crippen LogP contribution in [0.4, 0.5) is 11.4 Å². The van der Waals surface area contributed by atoms with Gasteiger partial charge in [0.15, 0.2) is 11.6 Å². The van der Waals surface area contributed by atoms with Gasteiger partial charge >= 0.3 is 0 Å². The van der Waals surface area contributed by atoms with Crippen molar-refractivity contribution >= 4 is 57.9 Å². The van der Waals surface area contributed by atoms with E-state index in [0.717, 1.165) is 35.2 Å². The van der Waals surface area contributed by atoms with E-state index in [1.165, 1.54) is 11.3 Å². The van der Waals surface area contributed by atoms with Crippen molar-refractivity contribution in [3.05, 3.63) is 122 Å². The highest BCUT2D eigenvalue weighted by Gasteiger charge is 2.70. The maximum Gasteiger partial charge on any atom is 0.238 e. The molecule has 0 aliphatic carbocycles. The molecule has 4 aromatic rings. The van der Waals surface area contributed by atoms with Crippen LogP contribution in [0.5, 0.6) is 0 Å². The molecule has 41 heavy (non-hydrogen) atoms. The number of benzene rings is 3. The number of rotatable bonds is 6. The number of para-hydroxylation sites is 1. The van der Waals surface area contributed by atoms with Crippen molar-refractivity contribution in [1.29, 1.82) is 0 Å². The lowest BCUT2D eigenvalue weighted by Crippen LogP contribution is -2.51.